The lowest BCUT2D eigenvalue weighted by molar-refractivity contribution is 0.242. The molecule has 0 unspecified atom stereocenters. The lowest BCUT2D eigenvalue weighted by atomic mass is 10.5. The van der Waals surface area contributed by atoms with Crippen LogP contribution in [0, 0.1) is 11.3 Å². The first-order valence-corrected chi connectivity index (χ1v) is 3.20. The molecule has 2 N–H and O–H groups in total. The van der Waals surface area contributed by atoms with E-state index in [1.54, 1.807) is 6.07 Å². The van der Waals surface area contributed by atoms with Gasteiger partial charge in [-0.1, -0.05) is 6.92 Å². The Balaban J connectivity index is 3.19. The van der Waals surface area contributed by atoms with E-state index in [9.17, 15) is 4.79 Å². The predicted molar refractivity (Wildman–Crippen MR) is 37.3 cm³/mol. The van der Waals surface area contributed by atoms with Crippen LogP contribution in [0.4, 0.5) is 4.79 Å². The van der Waals surface area contributed by atoms with Crippen LogP contribution in [0.15, 0.2) is 0 Å². The van der Waals surface area contributed by atoms with Crippen LogP contribution in [0.3, 0.4) is 0 Å². The smallest absolute Gasteiger partial charge is 0.315 e. The third-order valence-corrected chi connectivity index (χ3v) is 0.864. The van der Waals surface area contributed by atoms with Crippen molar-refractivity contribution in [2.24, 2.45) is 0 Å². The average molecular weight is 141 g/mol. The first-order valence-electron chi connectivity index (χ1n) is 3.20. The largest absolute Gasteiger partial charge is 0.338 e. The second-order valence-electron chi connectivity index (χ2n) is 1.77. The zero-order valence-electron chi connectivity index (χ0n) is 5.98. The van der Waals surface area contributed by atoms with Gasteiger partial charge in [0.15, 0.2) is 0 Å². The summed E-state index contributed by atoms with van der Waals surface area (Å²) in [4.78, 5) is 10.6. The molecule has 4 heteroatoms. The molecule has 0 aliphatic rings. The van der Waals surface area contributed by atoms with E-state index in [0.29, 0.717) is 6.54 Å². The molecule has 0 aromatic carbocycles. The molecule has 2 amide bonds. The first kappa shape index (κ1) is 8.76. The van der Waals surface area contributed by atoms with Crippen LogP contribution in [0.2, 0.25) is 0 Å². The summed E-state index contributed by atoms with van der Waals surface area (Å²) < 4.78 is 0. The van der Waals surface area contributed by atoms with Crippen molar-refractivity contribution in [1.82, 2.24) is 10.6 Å². The van der Waals surface area contributed by atoms with Gasteiger partial charge in [-0.25, -0.2) is 4.79 Å². The van der Waals surface area contributed by atoms with Gasteiger partial charge in [-0.3, -0.25) is 0 Å². The highest BCUT2D eigenvalue weighted by Crippen LogP contribution is 1.69. The van der Waals surface area contributed by atoms with Crippen molar-refractivity contribution < 1.29 is 4.79 Å². The first-order chi connectivity index (χ1) is 4.81. The lowest BCUT2D eigenvalue weighted by Gasteiger charge is -2.01. The summed E-state index contributed by atoms with van der Waals surface area (Å²) in [5.74, 6) is 0. The van der Waals surface area contributed by atoms with Crippen LogP contribution in [0.5, 0.6) is 0 Å². The lowest BCUT2D eigenvalue weighted by Crippen LogP contribution is -2.35. The van der Waals surface area contributed by atoms with Gasteiger partial charge < -0.3 is 10.6 Å². The van der Waals surface area contributed by atoms with E-state index in [2.05, 4.69) is 10.6 Å². The number of carbonyl (C=O) groups is 1. The Labute approximate surface area is 60.2 Å². The van der Waals surface area contributed by atoms with Gasteiger partial charge in [-0.2, -0.15) is 5.26 Å². The van der Waals surface area contributed by atoms with Gasteiger partial charge >= 0.3 is 6.03 Å². The molecule has 0 saturated heterocycles. The van der Waals surface area contributed by atoms with Crippen LogP contribution < -0.4 is 10.6 Å². The molecular formula is C6H11N3O. The van der Waals surface area contributed by atoms with Gasteiger partial charge in [0.05, 0.1) is 6.07 Å². The number of urea groups is 1. The number of rotatable bonds is 3. The van der Waals surface area contributed by atoms with Crippen molar-refractivity contribution in [3.63, 3.8) is 0 Å². The second-order valence-corrected chi connectivity index (χ2v) is 1.77. The van der Waals surface area contributed by atoms with Crippen molar-refractivity contribution in [2.45, 2.75) is 13.3 Å². The standard InChI is InChI=1S/C6H11N3O/c1-2-4-8-6(10)9-5-3-7/h2,4-5H2,1H3,(H2,8,9,10). The van der Waals surface area contributed by atoms with E-state index < -0.39 is 0 Å². The number of hydrogen-bond acceptors (Lipinski definition) is 2. The summed E-state index contributed by atoms with van der Waals surface area (Å²) in [5, 5.41) is 13.0. The molecule has 0 aliphatic carbocycles. The number of carbonyl (C=O) groups excluding carboxylic acids is 1. The third kappa shape index (κ3) is 4.91. The molecule has 10 heavy (non-hydrogen) atoms. The minimum Gasteiger partial charge on any atom is -0.338 e. The summed E-state index contributed by atoms with van der Waals surface area (Å²) >= 11 is 0. The van der Waals surface area contributed by atoms with Crippen LogP contribution in [-0.2, 0) is 0 Å². The minimum atomic E-state index is -0.275. The normalized spacial score (nSPS) is 8.00. The molecule has 0 fully saturated rings. The van der Waals surface area contributed by atoms with Crippen LogP contribution in [0.25, 0.3) is 0 Å². The van der Waals surface area contributed by atoms with Crippen molar-refractivity contribution in [3.8, 4) is 6.07 Å². The molecule has 0 radical (unpaired) electrons. The van der Waals surface area contributed by atoms with E-state index in [4.69, 9.17) is 5.26 Å². The predicted octanol–water partition coefficient (Wildman–Crippen LogP) is 0.219. The van der Waals surface area contributed by atoms with Crippen LogP contribution in [0.1, 0.15) is 13.3 Å². The van der Waals surface area contributed by atoms with E-state index >= 15 is 0 Å². The molecule has 0 bridgehead atoms. The summed E-state index contributed by atoms with van der Waals surface area (Å²) in [5.41, 5.74) is 0. The molecule has 0 atom stereocenters. The Bertz CT molecular complexity index is 138. The molecule has 0 rings (SSSR count). The van der Waals surface area contributed by atoms with Crippen molar-refractivity contribution in [1.29, 1.82) is 5.26 Å². The molecule has 0 saturated carbocycles. The van der Waals surface area contributed by atoms with Crippen LogP contribution >= 0.6 is 0 Å². The number of hydrogen-bond donors (Lipinski definition) is 2. The second kappa shape index (κ2) is 5.89. The zero-order chi connectivity index (χ0) is 7.82. The summed E-state index contributed by atoms with van der Waals surface area (Å²) in [6.45, 7) is 2.68. The Kier molecular flexibility index (Phi) is 5.16. The maximum atomic E-state index is 10.6. The summed E-state index contributed by atoms with van der Waals surface area (Å²) in [7, 11) is 0. The van der Waals surface area contributed by atoms with Crippen molar-refractivity contribution in [3.05, 3.63) is 0 Å². The fraction of sp³-hybridized carbons (Fsp3) is 0.667. The highest BCUT2D eigenvalue weighted by Gasteiger charge is 1.93. The number of nitrogens with one attached hydrogen (secondary N) is 2. The molecule has 0 aliphatic heterocycles. The Morgan fingerprint density at radius 2 is 2.30 bits per heavy atom. The summed E-state index contributed by atoms with van der Waals surface area (Å²) in [6, 6.07) is 1.53. The number of amides is 2. The van der Waals surface area contributed by atoms with E-state index in [0.717, 1.165) is 6.42 Å². The molecule has 56 valence electrons. The molecule has 0 heterocycles. The van der Waals surface area contributed by atoms with Crippen LogP contribution in [-0.4, -0.2) is 19.1 Å². The zero-order valence-corrected chi connectivity index (χ0v) is 5.98. The maximum Gasteiger partial charge on any atom is 0.315 e. The van der Waals surface area contributed by atoms with Gasteiger partial charge in [0.25, 0.3) is 0 Å². The topological polar surface area (TPSA) is 64.9 Å². The Morgan fingerprint density at radius 1 is 1.60 bits per heavy atom. The SMILES string of the molecule is CCCNC(=O)NCC#N. The third-order valence-electron chi connectivity index (χ3n) is 0.864. The maximum absolute atomic E-state index is 10.6. The fourth-order valence-electron chi connectivity index (χ4n) is 0.421. The highest BCUT2D eigenvalue weighted by molar-refractivity contribution is 5.73. The van der Waals surface area contributed by atoms with E-state index in [-0.39, 0.29) is 12.6 Å². The van der Waals surface area contributed by atoms with E-state index in [1.165, 1.54) is 0 Å². The number of nitriles is 1. The van der Waals surface area contributed by atoms with Gasteiger partial charge in [-0.15, -0.1) is 0 Å². The Hall–Kier alpha value is -1.24. The van der Waals surface area contributed by atoms with Gasteiger partial charge in [0.2, 0.25) is 0 Å². The summed E-state index contributed by atoms with van der Waals surface area (Å²) in [6.07, 6.45) is 0.903. The van der Waals surface area contributed by atoms with Crippen molar-refractivity contribution >= 4 is 6.03 Å². The van der Waals surface area contributed by atoms with E-state index in [1.807, 2.05) is 6.92 Å². The number of nitrogens with zero attached hydrogens (tertiary/aromatic N) is 1. The van der Waals surface area contributed by atoms with Gasteiger partial charge in [-0.05, 0) is 6.42 Å². The quantitative estimate of drug-likeness (QED) is 0.552. The Morgan fingerprint density at radius 3 is 2.80 bits per heavy atom. The fourth-order valence-corrected chi connectivity index (χ4v) is 0.421. The minimum absolute atomic E-state index is 0.0650. The van der Waals surface area contributed by atoms with Gasteiger partial charge in [0, 0.05) is 6.54 Å². The molecule has 0 aromatic heterocycles. The molecular weight excluding hydrogens is 130 g/mol. The van der Waals surface area contributed by atoms with Gasteiger partial charge in [0.1, 0.15) is 6.54 Å². The van der Waals surface area contributed by atoms with Crippen molar-refractivity contribution in [2.75, 3.05) is 13.1 Å². The average Bonchev–Trinajstić information content (AvgIpc) is 1.97. The highest BCUT2D eigenvalue weighted by atomic mass is 16.2. The monoisotopic (exact) mass is 141 g/mol. The molecule has 0 aromatic rings. The molecule has 0 spiro atoms. The molecule has 4 nitrogen and oxygen atoms in total.